The summed E-state index contributed by atoms with van der Waals surface area (Å²) in [7, 11) is 0. The largest absolute Gasteiger partial charge is 0.477 e. The Hall–Kier alpha value is -0.930. The Balaban J connectivity index is 0.000000528. The maximum Gasteiger partial charge on any atom is 0.162 e. The molecule has 0 saturated carbocycles. The summed E-state index contributed by atoms with van der Waals surface area (Å²) in [5.41, 5.74) is 0.210. The van der Waals surface area contributed by atoms with Gasteiger partial charge in [-0.3, -0.25) is 0 Å². The molecule has 5 heteroatoms. The number of hydrogen-bond acceptors (Lipinski definition) is 2. The molecule has 0 N–H and O–H groups in total. The lowest BCUT2D eigenvalue weighted by molar-refractivity contribution is 0.137. The molecule has 0 fully saturated rings. The van der Waals surface area contributed by atoms with Crippen LogP contribution in [-0.2, 0) is 4.74 Å². The van der Waals surface area contributed by atoms with Crippen LogP contribution in [0.4, 0.5) is 0 Å². The van der Waals surface area contributed by atoms with Crippen LogP contribution in [0.1, 0.15) is 58.4 Å². The van der Waals surface area contributed by atoms with Crippen molar-refractivity contribution in [3.8, 4) is 5.75 Å². The highest BCUT2D eigenvalue weighted by Crippen LogP contribution is 2.20. The first-order valence-corrected chi connectivity index (χ1v) is 11.2. The fraction of sp³-hybridized carbons (Fsp3) is 0.478. The Kier molecular flexibility index (Phi) is 18.7. The third-order valence-corrected chi connectivity index (χ3v) is 4.06. The molecule has 0 aliphatic rings. The van der Waals surface area contributed by atoms with E-state index in [1.165, 1.54) is 12.8 Å². The van der Waals surface area contributed by atoms with E-state index in [-0.39, 0.29) is 6.07 Å². The summed E-state index contributed by atoms with van der Waals surface area (Å²) in [5, 5.41) is 0. The molecule has 0 spiro atoms. The zero-order valence-corrected chi connectivity index (χ0v) is 19.4. The van der Waals surface area contributed by atoms with Gasteiger partial charge in [-0.2, -0.15) is 0 Å². The van der Waals surface area contributed by atoms with Crippen LogP contribution in [0.5, 0.6) is 5.75 Å². The lowest BCUT2D eigenvalue weighted by atomic mass is 10.1. The van der Waals surface area contributed by atoms with Gasteiger partial charge in [0.1, 0.15) is 5.75 Å². The van der Waals surface area contributed by atoms with Crippen LogP contribution >= 0.6 is 34.8 Å². The molecule has 1 aromatic rings. The first-order chi connectivity index (χ1) is 13.6. The van der Waals surface area contributed by atoms with Gasteiger partial charge in [0, 0.05) is 5.56 Å². The smallest absolute Gasteiger partial charge is 0.162 e. The predicted octanol–water partition coefficient (Wildman–Crippen LogP) is 8.53. The highest BCUT2D eigenvalue weighted by Gasteiger charge is 2.04. The summed E-state index contributed by atoms with van der Waals surface area (Å²) in [6, 6.07) is 8.11. The minimum absolute atomic E-state index is 0.194. The van der Waals surface area contributed by atoms with Crippen LogP contribution in [0, 0.1) is 0 Å². The van der Waals surface area contributed by atoms with E-state index in [2.05, 4.69) is 19.1 Å². The zero-order valence-electron chi connectivity index (χ0n) is 17.1. The average molecular weight is 448 g/mol. The van der Waals surface area contributed by atoms with Gasteiger partial charge in [-0.15, -0.1) is 0 Å². The second-order valence-corrected chi connectivity index (χ2v) is 6.93. The molecule has 0 radical (unpaired) electrons. The number of hydrogen-bond donors (Lipinski definition) is 0. The van der Waals surface area contributed by atoms with Gasteiger partial charge in [-0.1, -0.05) is 111 Å². The lowest BCUT2D eigenvalue weighted by Crippen LogP contribution is -2.08. The van der Waals surface area contributed by atoms with Crippen molar-refractivity contribution in [2.24, 2.45) is 0 Å². The van der Waals surface area contributed by atoms with Crippen LogP contribution < -0.4 is 4.74 Å². The van der Waals surface area contributed by atoms with E-state index >= 15 is 0 Å². The minimum atomic E-state index is -0.441. The summed E-state index contributed by atoms with van der Waals surface area (Å²) in [4.78, 5) is 0. The second kappa shape index (κ2) is 19.4. The van der Waals surface area contributed by atoms with Crippen LogP contribution in [0.15, 0.2) is 54.6 Å². The molecule has 0 saturated heterocycles. The van der Waals surface area contributed by atoms with E-state index in [4.69, 9.17) is 44.3 Å². The fourth-order valence-corrected chi connectivity index (χ4v) is 2.64. The Labute approximate surface area is 186 Å². The molecular weight excluding hydrogens is 415 g/mol. The van der Waals surface area contributed by atoms with Gasteiger partial charge in [-0.25, -0.2) is 0 Å². The van der Waals surface area contributed by atoms with Crippen molar-refractivity contribution in [3.63, 3.8) is 0 Å². The molecular formula is C23H33Cl3O2. The van der Waals surface area contributed by atoms with Crippen LogP contribution in [-0.4, -0.2) is 17.2 Å². The van der Waals surface area contributed by atoms with Crippen molar-refractivity contribution >= 4 is 40.9 Å². The summed E-state index contributed by atoms with van der Waals surface area (Å²) >= 11 is 17.2. The monoisotopic (exact) mass is 446 g/mol. The van der Waals surface area contributed by atoms with Crippen molar-refractivity contribution in [1.82, 2.24) is 0 Å². The molecule has 0 aliphatic carbocycles. The molecule has 2 nitrogen and oxygen atoms in total. The topological polar surface area (TPSA) is 18.5 Å². The number of alkyl halides is 3. The van der Waals surface area contributed by atoms with Gasteiger partial charge in [0.05, 0.1) is 0 Å². The zero-order chi connectivity index (χ0) is 21.0. The molecule has 0 amide bonds. The SMILES string of the molecule is CCC=CC(Cl)OC(Cl)C=CCC.CCCCC=Cc1ccccc1OCCl. The summed E-state index contributed by atoms with van der Waals surface area (Å²) < 4.78 is 10.5. The molecule has 1 rings (SSSR count). The molecule has 28 heavy (non-hydrogen) atoms. The summed E-state index contributed by atoms with van der Waals surface area (Å²) in [5.74, 6) is 0.847. The van der Waals surface area contributed by atoms with E-state index in [0.29, 0.717) is 0 Å². The number of para-hydroxylation sites is 1. The molecule has 2 atom stereocenters. The first-order valence-electron chi connectivity index (χ1n) is 9.80. The van der Waals surface area contributed by atoms with Gasteiger partial charge in [0.15, 0.2) is 17.2 Å². The Morgan fingerprint density at radius 1 is 0.929 bits per heavy atom. The number of unbranched alkanes of at least 4 members (excludes halogenated alkanes) is 2. The fourth-order valence-electron chi connectivity index (χ4n) is 2.04. The summed E-state index contributed by atoms with van der Waals surface area (Å²) in [6.45, 7) is 6.27. The lowest BCUT2D eigenvalue weighted by Gasteiger charge is -2.09. The van der Waals surface area contributed by atoms with Crippen LogP contribution in [0.3, 0.4) is 0 Å². The molecule has 158 valence electrons. The van der Waals surface area contributed by atoms with E-state index < -0.39 is 11.1 Å². The van der Waals surface area contributed by atoms with Crippen molar-refractivity contribution in [1.29, 1.82) is 0 Å². The average Bonchev–Trinajstić information content (AvgIpc) is 2.70. The van der Waals surface area contributed by atoms with Crippen LogP contribution in [0.2, 0.25) is 0 Å². The van der Waals surface area contributed by atoms with Crippen molar-refractivity contribution in [2.75, 3.05) is 6.07 Å². The third-order valence-electron chi connectivity index (χ3n) is 3.46. The van der Waals surface area contributed by atoms with E-state index in [9.17, 15) is 0 Å². The Morgan fingerprint density at radius 3 is 2.07 bits per heavy atom. The molecule has 0 heterocycles. The van der Waals surface area contributed by atoms with Crippen molar-refractivity contribution in [2.45, 2.75) is 64.0 Å². The molecule has 0 aliphatic heterocycles. The number of ether oxygens (including phenoxy) is 2. The molecule has 2 unspecified atom stereocenters. The van der Waals surface area contributed by atoms with Gasteiger partial charge in [0.25, 0.3) is 0 Å². The molecule has 0 aromatic heterocycles. The quantitative estimate of drug-likeness (QED) is 0.181. The van der Waals surface area contributed by atoms with Crippen molar-refractivity contribution < 1.29 is 9.47 Å². The Morgan fingerprint density at radius 2 is 1.54 bits per heavy atom. The third kappa shape index (κ3) is 15.0. The normalized spacial score (nSPS) is 13.6. The number of benzene rings is 1. The molecule has 1 aromatic carbocycles. The van der Waals surface area contributed by atoms with Crippen molar-refractivity contribution in [3.05, 3.63) is 60.2 Å². The number of allylic oxidation sites excluding steroid dienone is 3. The number of rotatable bonds is 12. The standard InChI is InChI=1S/C13H17ClO.C10H16Cl2O/c1-2-3-4-5-8-12-9-6-7-10-13(12)15-11-14;1-3-5-7-9(11)13-10(12)8-6-4-2/h5-10H,2-4,11H2,1H3;5-10H,3-4H2,1-2H3. The minimum Gasteiger partial charge on any atom is -0.477 e. The van der Waals surface area contributed by atoms with E-state index in [1.54, 1.807) is 12.2 Å². The van der Waals surface area contributed by atoms with E-state index in [1.807, 2.05) is 50.3 Å². The van der Waals surface area contributed by atoms with Gasteiger partial charge < -0.3 is 9.47 Å². The summed E-state index contributed by atoms with van der Waals surface area (Å²) in [6.07, 6.45) is 17.2. The van der Waals surface area contributed by atoms with E-state index in [0.717, 1.165) is 30.6 Å². The van der Waals surface area contributed by atoms with Gasteiger partial charge in [0.2, 0.25) is 0 Å². The second-order valence-electron chi connectivity index (χ2n) is 5.85. The predicted molar refractivity (Wildman–Crippen MR) is 126 cm³/mol. The first kappa shape index (κ1) is 27.1. The maximum atomic E-state index is 5.81. The molecule has 0 bridgehead atoms. The number of halogens is 3. The maximum absolute atomic E-state index is 5.81. The van der Waals surface area contributed by atoms with Gasteiger partial charge >= 0.3 is 0 Å². The Bertz CT molecular complexity index is 553. The van der Waals surface area contributed by atoms with Gasteiger partial charge in [-0.05, 0) is 37.5 Å². The highest BCUT2D eigenvalue weighted by atomic mass is 35.5. The highest BCUT2D eigenvalue weighted by molar-refractivity contribution is 6.23. The van der Waals surface area contributed by atoms with Crippen LogP contribution in [0.25, 0.3) is 6.08 Å².